The summed E-state index contributed by atoms with van der Waals surface area (Å²) >= 11 is 0. The van der Waals surface area contributed by atoms with Crippen LogP contribution < -0.4 is 4.90 Å². The Bertz CT molecular complexity index is 760. The Morgan fingerprint density at radius 1 is 1.13 bits per heavy atom. The number of aromatic amines is 1. The second kappa shape index (κ2) is 6.77. The van der Waals surface area contributed by atoms with Crippen LogP contribution in [0.3, 0.4) is 0 Å². The highest BCUT2D eigenvalue weighted by atomic mass is 15.2. The van der Waals surface area contributed by atoms with Crippen LogP contribution in [0.5, 0.6) is 0 Å². The van der Waals surface area contributed by atoms with E-state index < -0.39 is 0 Å². The van der Waals surface area contributed by atoms with Crippen molar-refractivity contribution >= 4 is 16.9 Å². The van der Waals surface area contributed by atoms with Crippen molar-refractivity contribution in [2.24, 2.45) is 0 Å². The van der Waals surface area contributed by atoms with E-state index in [1.54, 1.807) is 0 Å². The number of H-pyrrole nitrogens is 1. The minimum Gasteiger partial charge on any atom is -0.359 e. The maximum atomic E-state index is 4.64. The van der Waals surface area contributed by atoms with Crippen molar-refractivity contribution in [3.05, 3.63) is 47.7 Å². The molecule has 0 aliphatic rings. The highest BCUT2D eigenvalue weighted by Gasteiger charge is 2.11. The molecule has 0 spiro atoms. The third kappa shape index (κ3) is 3.50. The average Bonchev–Trinajstić information content (AvgIpc) is 2.97. The third-order valence-corrected chi connectivity index (χ3v) is 3.97. The summed E-state index contributed by atoms with van der Waals surface area (Å²) in [7, 11) is 2.09. The maximum absolute atomic E-state index is 4.64. The second-order valence-corrected chi connectivity index (χ2v) is 5.89. The van der Waals surface area contributed by atoms with Gasteiger partial charge in [-0.3, -0.25) is 0 Å². The van der Waals surface area contributed by atoms with Crippen molar-refractivity contribution in [3.8, 4) is 0 Å². The Balaban J connectivity index is 1.73. The van der Waals surface area contributed by atoms with Gasteiger partial charge in [0.25, 0.3) is 0 Å². The summed E-state index contributed by atoms with van der Waals surface area (Å²) in [5, 5.41) is 0. The number of aryl methyl sites for hydroxylation is 2. The van der Waals surface area contributed by atoms with E-state index in [9.17, 15) is 0 Å². The molecular weight excluding hydrogens is 286 g/mol. The van der Waals surface area contributed by atoms with Crippen LogP contribution in [0.1, 0.15) is 30.6 Å². The van der Waals surface area contributed by atoms with Crippen molar-refractivity contribution in [1.29, 1.82) is 0 Å². The van der Waals surface area contributed by atoms with Crippen molar-refractivity contribution in [3.63, 3.8) is 0 Å². The summed E-state index contributed by atoms with van der Waals surface area (Å²) in [6.07, 6.45) is 4.92. The molecule has 0 radical (unpaired) electrons. The molecule has 0 atom stereocenters. The quantitative estimate of drug-likeness (QED) is 0.759. The van der Waals surface area contributed by atoms with E-state index in [0.717, 1.165) is 54.3 Å². The molecule has 0 fully saturated rings. The molecule has 2 aromatic heterocycles. The Hall–Kier alpha value is -2.43. The number of nitrogens with one attached hydrogen (secondary N) is 1. The van der Waals surface area contributed by atoms with Crippen LogP contribution in [0, 0.1) is 6.92 Å². The number of fused-ring (bicyclic) bond motifs is 1. The van der Waals surface area contributed by atoms with Gasteiger partial charge in [0.1, 0.15) is 17.5 Å². The molecule has 0 amide bonds. The highest BCUT2D eigenvalue weighted by molar-refractivity contribution is 5.74. The standard InChI is InChI=1S/C18H23N5/c1-4-7-14-12-19-13(2)20-18(14)23(3)11-10-17-21-15-8-5-6-9-16(15)22-17/h5-6,8-9,12H,4,7,10-11H2,1-3H3,(H,21,22). The van der Waals surface area contributed by atoms with Gasteiger partial charge in [-0.1, -0.05) is 25.5 Å². The number of nitrogens with zero attached hydrogens (tertiary/aromatic N) is 4. The second-order valence-electron chi connectivity index (χ2n) is 5.89. The molecule has 0 bridgehead atoms. The summed E-state index contributed by atoms with van der Waals surface area (Å²) in [6.45, 7) is 4.98. The normalized spacial score (nSPS) is 11.1. The predicted molar refractivity (Wildman–Crippen MR) is 93.8 cm³/mol. The van der Waals surface area contributed by atoms with E-state index in [1.165, 1.54) is 5.56 Å². The fourth-order valence-electron chi connectivity index (χ4n) is 2.76. The molecule has 3 rings (SSSR count). The minimum absolute atomic E-state index is 0.815. The van der Waals surface area contributed by atoms with Crippen LogP contribution in [-0.2, 0) is 12.8 Å². The monoisotopic (exact) mass is 309 g/mol. The van der Waals surface area contributed by atoms with E-state index in [2.05, 4.69) is 44.9 Å². The fraction of sp³-hybridized carbons (Fsp3) is 0.389. The van der Waals surface area contributed by atoms with Gasteiger partial charge in [0.05, 0.1) is 11.0 Å². The third-order valence-electron chi connectivity index (χ3n) is 3.97. The van der Waals surface area contributed by atoms with Gasteiger partial charge in [0, 0.05) is 31.8 Å². The van der Waals surface area contributed by atoms with Gasteiger partial charge in [-0.05, 0) is 25.5 Å². The lowest BCUT2D eigenvalue weighted by Gasteiger charge is -2.20. The molecule has 23 heavy (non-hydrogen) atoms. The van der Waals surface area contributed by atoms with Gasteiger partial charge < -0.3 is 9.88 Å². The lowest BCUT2D eigenvalue weighted by Crippen LogP contribution is -2.23. The van der Waals surface area contributed by atoms with Crippen LogP contribution in [0.2, 0.25) is 0 Å². The first-order chi connectivity index (χ1) is 11.2. The van der Waals surface area contributed by atoms with Gasteiger partial charge in [0.15, 0.2) is 0 Å². The van der Waals surface area contributed by atoms with Crippen LogP contribution in [-0.4, -0.2) is 33.5 Å². The Morgan fingerprint density at radius 2 is 1.96 bits per heavy atom. The van der Waals surface area contributed by atoms with Crippen molar-refractivity contribution in [2.45, 2.75) is 33.1 Å². The zero-order valence-electron chi connectivity index (χ0n) is 14.0. The molecular formula is C18H23N5. The summed E-state index contributed by atoms with van der Waals surface area (Å²) in [6, 6.07) is 8.13. The molecule has 0 aliphatic heterocycles. The van der Waals surface area contributed by atoms with Gasteiger partial charge in [-0.25, -0.2) is 15.0 Å². The molecule has 3 aromatic rings. The van der Waals surface area contributed by atoms with Gasteiger partial charge in [0.2, 0.25) is 0 Å². The fourth-order valence-corrected chi connectivity index (χ4v) is 2.76. The number of anilines is 1. The number of para-hydroxylation sites is 2. The Kier molecular flexibility index (Phi) is 4.55. The first kappa shape index (κ1) is 15.5. The SMILES string of the molecule is CCCc1cnc(C)nc1N(C)CCc1nc2ccccc2[nH]1. The van der Waals surface area contributed by atoms with Crippen molar-refractivity contribution in [1.82, 2.24) is 19.9 Å². The zero-order valence-corrected chi connectivity index (χ0v) is 14.0. The van der Waals surface area contributed by atoms with Crippen LogP contribution in [0.15, 0.2) is 30.5 Å². The Morgan fingerprint density at radius 3 is 2.74 bits per heavy atom. The van der Waals surface area contributed by atoms with Crippen molar-refractivity contribution < 1.29 is 0 Å². The van der Waals surface area contributed by atoms with Gasteiger partial charge in [-0.2, -0.15) is 0 Å². The van der Waals surface area contributed by atoms with E-state index in [1.807, 2.05) is 31.3 Å². The molecule has 5 nitrogen and oxygen atoms in total. The van der Waals surface area contributed by atoms with E-state index in [-0.39, 0.29) is 0 Å². The minimum atomic E-state index is 0.815. The molecule has 0 unspecified atom stereocenters. The van der Waals surface area contributed by atoms with Crippen LogP contribution in [0.25, 0.3) is 11.0 Å². The number of hydrogen-bond acceptors (Lipinski definition) is 4. The summed E-state index contributed by atoms with van der Waals surface area (Å²) in [5.41, 5.74) is 3.33. The summed E-state index contributed by atoms with van der Waals surface area (Å²) in [4.78, 5) is 19.2. The number of benzene rings is 1. The van der Waals surface area contributed by atoms with Gasteiger partial charge >= 0.3 is 0 Å². The number of likely N-dealkylation sites (N-methyl/N-ethyl adjacent to an activating group) is 1. The zero-order chi connectivity index (χ0) is 16.2. The molecule has 1 aromatic carbocycles. The van der Waals surface area contributed by atoms with Crippen LogP contribution in [0.4, 0.5) is 5.82 Å². The summed E-state index contributed by atoms with van der Waals surface area (Å²) < 4.78 is 0. The first-order valence-corrected chi connectivity index (χ1v) is 8.14. The first-order valence-electron chi connectivity index (χ1n) is 8.14. The largest absolute Gasteiger partial charge is 0.359 e. The van der Waals surface area contributed by atoms with Gasteiger partial charge in [-0.15, -0.1) is 0 Å². The average molecular weight is 309 g/mol. The number of imidazole rings is 1. The number of rotatable bonds is 6. The molecule has 0 saturated carbocycles. The molecule has 5 heteroatoms. The predicted octanol–water partition coefficient (Wildman–Crippen LogP) is 3.29. The topological polar surface area (TPSA) is 57.7 Å². The molecule has 0 saturated heterocycles. The number of hydrogen-bond donors (Lipinski definition) is 1. The Labute approximate surface area is 136 Å². The number of aromatic nitrogens is 4. The highest BCUT2D eigenvalue weighted by Crippen LogP contribution is 2.18. The van der Waals surface area contributed by atoms with E-state index in [0.29, 0.717) is 0 Å². The van der Waals surface area contributed by atoms with Crippen molar-refractivity contribution in [2.75, 3.05) is 18.5 Å². The molecule has 1 N–H and O–H groups in total. The lowest BCUT2D eigenvalue weighted by molar-refractivity contribution is 0.798. The molecule has 120 valence electrons. The molecule has 0 aliphatic carbocycles. The van der Waals surface area contributed by atoms with E-state index >= 15 is 0 Å². The molecule has 2 heterocycles. The smallest absolute Gasteiger partial charge is 0.135 e. The maximum Gasteiger partial charge on any atom is 0.135 e. The summed E-state index contributed by atoms with van der Waals surface area (Å²) in [5.74, 6) is 2.87. The van der Waals surface area contributed by atoms with Crippen LogP contribution >= 0.6 is 0 Å². The lowest BCUT2D eigenvalue weighted by atomic mass is 10.1. The van der Waals surface area contributed by atoms with E-state index in [4.69, 9.17) is 0 Å².